The monoisotopic (exact) mass is 597 g/mol. The van der Waals surface area contributed by atoms with Gasteiger partial charge in [0.2, 0.25) is 0 Å². The van der Waals surface area contributed by atoms with Gasteiger partial charge in [-0.2, -0.15) is 0 Å². The van der Waals surface area contributed by atoms with Gasteiger partial charge in [-0.05, 0) is 48.3 Å². The zero-order chi connectivity index (χ0) is 15.2. The van der Waals surface area contributed by atoms with Gasteiger partial charge in [0.1, 0.15) is 0 Å². The summed E-state index contributed by atoms with van der Waals surface area (Å²) in [5, 5.41) is 0. The van der Waals surface area contributed by atoms with Crippen LogP contribution in [-0.4, -0.2) is 6.04 Å². The topological polar surface area (TPSA) is 26.0 Å². The van der Waals surface area contributed by atoms with E-state index in [0.717, 1.165) is 39.7 Å². The van der Waals surface area contributed by atoms with Gasteiger partial charge < -0.3 is 13.2 Å². The van der Waals surface area contributed by atoms with Gasteiger partial charge in [-0.3, -0.25) is 0 Å². The van der Waals surface area contributed by atoms with Crippen molar-refractivity contribution in [1.82, 2.24) is 0 Å². The van der Waals surface area contributed by atoms with Crippen LogP contribution in [0.15, 0.2) is 0 Å². The first-order valence-corrected chi connectivity index (χ1v) is 17.1. The van der Waals surface area contributed by atoms with Crippen molar-refractivity contribution < 1.29 is 10.1 Å². The molecule has 1 nitrogen and oxygen atoms in total. The van der Waals surface area contributed by atoms with Crippen molar-refractivity contribution in [3.63, 3.8) is 0 Å². The Balaban J connectivity index is 0. The van der Waals surface area contributed by atoms with Gasteiger partial charge in [0.15, 0.2) is 0 Å². The van der Waals surface area contributed by atoms with Crippen molar-refractivity contribution in [3.8, 4) is 0 Å². The van der Waals surface area contributed by atoms with Crippen molar-refractivity contribution >= 4 is 39.5 Å². The summed E-state index contributed by atoms with van der Waals surface area (Å²) in [5.74, 6) is 5.05. The summed E-state index contributed by atoms with van der Waals surface area (Å²) in [6.07, 6.45) is 2.53. The molecular weight excluding hydrogens is 563 g/mol. The van der Waals surface area contributed by atoms with E-state index in [1.807, 2.05) is 0 Å². The van der Waals surface area contributed by atoms with E-state index in [2.05, 4.69) is 81.0 Å². The Bertz CT molecular complexity index is 225. The van der Waals surface area contributed by atoms with E-state index in [0.29, 0.717) is 12.0 Å². The van der Waals surface area contributed by atoms with E-state index in [1.54, 1.807) is 0 Å². The molecule has 0 bridgehead atoms. The first kappa shape index (κ1) is 24.3. The molecule has 0 spiro atoms. The Labute approximate surface area is 157 Å². The van der Waals surface area contributed by atoms with Crippen LogP contribution in [-0.2, 0) is 10.1 Å². The van der Waals surface area contributed by atoms with Crippen LogP contribution >= 0.6 is 39.5 Å². The molecule has 1 aliphatic carbocycles. The molecule has 1 aliphatic rings. The SMILES string of the molecule is CC(C)C(N)CCC1C(C)C(C)C(C)C1C.[CH3-].[I][Rh][I]. The van der Waals surface area contributed by atoms with Crippen LogP contribution in [0.3, 0.4) is 0 Å². The average Bonchev–Trinajstić information content (AvgIpc) is 2.53. The third-order valence-corrected chi connectivity index (χ3v) is 5.53. The van der Waals surface area contributed by atoms with Gasteiger partial charge in [-0.15, -0.1) is 0 Å². The van der Waals surface area contributed by atoms with E-state index in [-0.39, 0.29) is 7.43 Å². The summed E-state index contributed by atoms with van der Waals surface area (Å²) in [5.41, 5.74) is 6.15. The summed E-state index contributed by atoms with van der Waals surface area (Å²) in [6.45, 7) is 14.2. The summed E-state index contributed by atoms with van der Waals surface area (Å²) in [7, 11) is 0.770. The minimum atomic E-state index is 0. The second kappa shape index (κ2) is 12.5. The molecule has 1 fully saturated rings. The Morgan fingerprint density at radius 3 is 1.60 bits per heavy atom. The van der Waals surface area contributed by atoms with E-state index in [9.17, 15) is 0 Å². The Morgan fingerprint density at radius 1 is 0.950 bits per heavy atom. The van der Waals surface area contributed by atoms with E-state index >= 15 is 0 Å². The zero-order valence-corrected chi connectivity index (χ0v) is 20.1. The molecule has 5 atom stereocenters. The predicted molar refractivity (Wildman–Crippen MR) is 107 cm³/mol. The second-order valence-corrected chi connectivity index (χ2v) is 19.3. The molecule has 0 saturated heterocycles. The van der Waals surface area contributed by atoms with E-state index in [4.69, 9.17) is 5.73 Å². The quantitative estimate of drug-likeness (QED) is 0.235. The second-order valence-electron chi connectivity index (χ2n) is 6.63. The van der Waals surface area contributed by atoms with Crippen molar-refractivity contribution in [2.75, 3.05) is 0 Å². The number of hydrogen-bond acceptors (Lipinski definition) is 1. The van der Waals surface area contributed by atoms with Crippen LogP contribution in [0, 0.1) is 42.9 Å². The van der Waals surface area contributed by atoms with Crippen LogP contribution in [0.2, 0.25) is 0 Å². The van der Waals surface area contributed by atoms with Crippen LogP contribution in [0.25, 0.3) is 0 Å². The third-order valence-electron chi connectivity index (χ3n) is 5.53. The van der Waals surface area contributed by atoms with Crippen LogP contribution in [0.4, 0.5) is 0 Å². The van der Waals surface area contributed by atoms with E-state index in [1.165, 1.54) is 12.8 Å². The fourth-order valence-electron chi connectivity index (χ4n) is 3.46. The molecule has 0 aromatic heterocycles. The summed E-state index contributed by atoms with van der Waals surface area (Å²) in [6, 6.07) is 0.394. The maximum absolute atomic E-state index is 6.15. The normalized spacial score (nSPS) is 34.4. The first-order valence-electron chi connectivity index (χ1n) is 7.37. The standard InChI is InChI=1S/C15H31N.CH3.2HI.Rh/c1-9(2)15(16)8-7-14-12(5)10(3)11(4)13(14)6;;;;/h9-15H,7-8,16H2,1-6H3;1H3;2*1H;/q;-1;;;+2/p-2. The number of halogens is 2. The molecule has 0 amide bonds. The molecule has 1 rings (SSSR count). The predicted octanol–water partition coefficient (Wildman–Crippen LogP) is 6.14. The number of hydrogen-bond donors (Lipinski definition) is 1. The molecule has 0 aromatic carbocycles. The van der Waals surface area contributed by atoms with Gasteiger partial charge in [0.25, 0.3) is 0 Å². The molecule has 0 heterocycles. The van der Waals surface area contributed by atoms with Gasteiger partial charge in [0, 0.05) is 6.04 Å². The third kappa shape index (κ3) is 7.54. The fraction of sp³-hybridized carbons (Fsp3) is 0.938. The van der Waals surface area contributed by atoms with Crippen LogP contribution < -0.4 is 5.73 Å². The molecule has 5 unspecified atom stereocenters. The number of nitrogens with two attached hydrogens (primary N) is 1. The molecule has 0 aromatic rings. The average molecular weight is 597 g/mol. The first-order chi connectivity index (χ1) is 8.77. The van der Waals surface area contributed by atoms with Crippen molar-refractivity contribution in [2.45, 2.75) is 60.4 Å². The van der Waals surface area contributed by atoms with Gasteiger partial charge in [-0.25, -0.2) is 0 Å². The Hall–Kier alpha value is 2.04. The molecular formula is C16H34I2NRh-. The van der Waals surface area contributed by atoms with Crippen LogP contribution in [0.1, 0.15) is 54.4 Å². The maximum atomic E-state index is 6.15. The molecule has 127 valence electrons. The van der Waals surface area contributed by atoms with Gasteiger partial charge in [0.05, 0.1) is 0 Å². The molecule has 2 N–H and O–H groups in total. The van der Waals surface area contributed by atoms with E-state index < -0.39 is 0 Å². The molecule has 20 heavy (non-hydrogen) atoms. The summed E-state index contributed by atoms with van der Waals surface area (Å²) < 4.78 is 0. The van der Waals surface area contributed by atoms with Crippen molar-refractivity contribution in [2.24, 2.45) is 41.2 Å². The zero-order valence-electron chi connectivity index (χ0n) is 14.1. The van der Waals surface area contributed by atoms with Gasteiger partial charge >= 0.3 is 49.6 Å². The Kier molecular flexibility index (Phi) is 15.1. The fourth-order valence-corrected chi connectivity index (χ4v) is 3.46. The summed E-state index contributed by atoms with van der Waals surface area (Å²) in [4.78, 5) is 0. The minimum absolute atomic E-state index is 0. The molecule has 0 radical (unpaired) electrons. The Morgan fingerprint density at radius 2 is 1.30 bits per heavy atom. The molecule has 0 aliphatic heterocycles. The van der Waals surface area contributed by atoms with Crippen molar-refractivity contribution in [3.05, 3.63) is 7.43 Å². The van der Waals surface area contributed by atoms with Crippen LogP contribution in [0.5, 0.6) is 0 Å². The number of rotatable bonds is 4. The van der Waals surface area contributed by atoms with Crippen molar-refractivity contribution in [1.29, 1.82) is 0 Å². The molecule has 4 heteroatoms. The molecule has 1 saturated carbocycles. The van der Waals surface area contributed by atoms with Gasteiger partial charge in [-0.1, -0.05) is 41.5 Å². The summed E-state index contributed by atoms with van der Waals surface area (Å²) >= 11 is 4.69.